The molecule has 1 atom stereocenters. The average Bonchev–Trinajstić information content (AvgIpc) is 2.85. The van der Waals surface area contributed by atoms with Crippen LogP contribution < -0.4 is 10.6 Å². The molecule has 0 spiro atoms. The lowest BCUT2D eigenvalue weighted by molar-refractivity contribution is -0.123. The molecule has 0 saturated heterocycles. The molecule has 2 rings (SSSR count). The van der Waals surface area contributed by atoms with E-state index in [2.05, 4.69) is 27.2 Å². The van der Waals surface area contributed by atoms with E-state index >= 15 is 0 Å². The van der Waals surface area contributed by atoms with Gasteiger partial charge >= 0.3 is 0 Å². The zero-order valence-electron chi connectivity index (χ0n) is 10.2. The van der Waals surface area contributed by atoms with Crippen molar-refractivity contribution in [3.63, 3.8) is 0 Å². The molecule has 6 heteroatoms. The van der Waals surface area contributed by atoms with E-state index < -0.39 is 0 Å². The van der Waals surface area contributed by atoms with E-state index in [1.165, 1.54) is 0 Å². The smallest absolute Gasteiger partial charge is 0.237 e. The molecule has 1 amide bonds. The number of carbonyl (C=O) groups is 1. The quantitative estimate of drug-likeness (QED) is 0.517. The first-order chi connectivity index (χ1) is 8.81. The zero-order valence-corrected chi connectivity index (χ0v) is 11.1. The van der Waals surface area contributed by atoms with Gasteiger partial charge in [-0.15, -0.1) is 6.58 Å². The van der Waals surface area contributed by atoms with Gasteiger partial charge in [0, 0.05) is 31.0 Å². The van der Waals surface area contributed by atoms with Crippen LogP contribution in [0.15, 0.2) is 19.0 Å². The maximum Gasteiger partial charge on any atom is 0.237 e. The summed E-state index contributed by atoms with van der Waals surface area (Å²) in [5.74, 6) is 1.90. The lowest BCUT2D eigenvalue weighted by Gasteiger charge is -2.22. The van der Waals surface area contributed by atoms with Crippen molar-refractivity contribution in [2.24, 2.45) is 0 Å². The van der Waals surface area contributed by atoms with E-state index in [-0.39, 0.29) is 11.9 Å². The highest BCUT2D eigenvalue weighted by Crippen LogP contribution is 2.12. The monoisotopic (exact) mass is 266 g/mol. The number of nitrogens with one attached hydrogen (secondary N) is 3. The number of H-pyrrole nitrogens is 1. The van der Waals surface area contributed by atoms with Crippen molar-refractivity contribution in [1.82, 2.24) is 20.6 Å². The lowest BCUT2D eigenvalue weighted by atomic mass is 10.1. The molecule has 0 bridgehead atoms. The normalized spacial score (nSPS) is 18.1. The number of imidazole rings is 1. The second-order valence-corrected chi connectivity index (χ2v) is 5.27. The molecule has 98 valence electrons. The van der Waals surface area contributed by atoms with Crippen LogP contribution in [0, 0.1) is 0 Å². The molecule has 0 aromatic carbocycles. The summed E-state index contributed by atoms with van der Waals surface area (Å²) in [7, 11) is 0. The Balaban J connectivity index is 1.72. The van der Waals surface area contributed by atoms with Gasteiger partial charge in [-0.05, 0) is 0 Å². The molecule has 2 heterocycles. The molecule has 0 saturated carbocycles. The second-order valence-electron chi connectivity index (χ2n) is 4.12. The fourth-order valence-corrected chi connectivity index (χ4v) is 2.47. The summed E-state index contributed by atoms with van der Waals surface area (Å²) < 4.78 is 0. The molecule has 3 N–H and O–H groups in total. The Morgan fingerprint density at radius 3 is 3.44 bits per heavy atom. The maximum absolute atomic E-state index is 11.9. The van der Waals surface area contributed by atoms with Gasteiger partial charge in [-0.1, -0.05) is 6.08 Å². The topological polar surface area (TPSA) is 69.8 Å². The van der Waals surface area contributed by atoms with Crippen LogP contribution in [0.25, 0.3) is 0 Å². The molecule has 0 aliphatic carbocycles. The summed E-state index contributed by atoms with van der Waals surface area (Å²) in [6.45, 7) is 5.03. The van der Waals surface area contributed by atoms with Crippen LogP contribution in [0.4, 0.5) is 0 Å². The second kappa shape index (κ2) is 6.61. The van der Waals surface area contributed by atoms with Crippen molar-refractivity contribution in [2.45, 2.75) is 19.0 Å². The third kappa shape index (κ3) is 3.36. The Hall–Kier alpha value is -1.27. The molecule has 1 aromatic heterocycles. The molecule has 1 unspecified atom stereocenters. The minimum Gasteiger partial charge on any atom is -0.354 e. The fourth-order valence-electron chi connectivity index (χ4n) is 1.89. The van der Waals surface area contributed by atoms with Gasteiger partial charge in [0.25, 0.3) is 0 Å². The summed E-state index contributed by atoms with van der Waals surface area (Å²) in [5.41, 5.74) is 2.08. The van der Waals surface area contributed by atoms with Gasteiger partial charge in [-0.2, -0.15) is 11.8 Å². The minimum absolute atomic E-state index is 0.0582. The third-order valence-corrected chi connectivity index (χ3v) is 3.79. The van der Waals surface area contributed by atoms with E-state index in [0.717, 1.165) is 22.9 Å². The zero-order chi connectivity index (χ0) is 12.8. The highest BCUT2D eigenvalue weighted by Gasteiger charge is 2.25. The molecule has 1 aliphatic heterocycles. The molecule has 0 fully saturated rings. The number of fused-ring (bicyclic) bond motifs is 1. The standard InChI is InChI=1S/C12H18N4OS/c1-2-4-18-5-3-13-12(17)10-6-9-11(7-14-10)16-8-15-9/h2,8,10,14H,1,3-7H2,(H,13,17)(H,15,16). The predicted octanol–water partition coefficient (Wildman–Crippen LogP) is 0.459. The van der Waals surface area contributed by atoms with Crippen LogP contribution in [-0.4, -0.2) is 40.0 Å². The summed E-state index contributed by atoms with van der Waals surface area (Å²) in [6, 6.07) is -0.162. The first-order valence-corrected chi connectivity index (χ1v) is 7.17. The van der Waals surface area contributed by atoms with Crippen molar-refractivity contribution in [3.05, 3.63) is 30.4 Å². The van der Waals surface area contributed by atoms with Gasteiger partial charge in [-0.25, -0.2) is 4.98 Å². The maximum atomic E-state index is 11.9. The SMILES string of the molecule is C=CCSCCNC(=O)C1Cc2nc[nH]c2CN1. The molecular formula is C12H18N4OS. The Labute approximate surface area is 111 Å². The van der Waals surface area contributed by atoms with Crippen LogP contribution in [0.3, 0.4) is 0 Å². The Morgan fingerprint density at radius 1 is 1.72 bits per heavy atom. The number of carbonyl (C=O) groups excluding carboxylic acids is 1. The van der Waals surface area contributed by atoms with E-state index in [4.69, 9.17) is 0 Å². The number of aromatic nitrogens is 2. The minimum atomic E-state index is -0.162. The number of amides is 1. The summed E-state index contributed by atoms with van der Waals surface area (Å²) in [5, 5.41) is 6.15. The predicted molar refractivity (Wildman–Crippen MR) is 73.5 cm³/mol. The number of thioether (sulfide) groups is 1. The van der Waals surface area contributed by atoms with Crippen molar-refractivity contribution in [2.75, 3.05) is 18.1 Å². The van der Waals surface area contributed by atoms with E-state index in [0.29, 0.717) is 19.5 Å². The largest absolute Gasteiger partial charge is 0.354 e. The highest BCUT2D eigenvalue weighted by molar-refractivity contribution is 7.99. The summed E-state index contributed by atoms with van der Waals surface area (Å²) in [6.07, 6.45) is 4.21. The van der Waals surface area contributed by atoms with Gasteiger partial charge in [-0.3, -0.25) is 10.1 Å². The Morgan fingerprint density at radius 2 is 2.61 bits per heavy atom. The first-order valence-electron chi connectivity index (χ1n) is 6.02. The third-order valence-electron chi connectivity index (χ3n) is 2.83. The Kier molecular flexibility index (Phi) is 4.83. The van der Waals surface area contributed by atoms with Crippen molar-refractivity contribution >= 4 is 17.7 Å². The van der Waals surface area contributed by atoms with Gasteiger partial charge in [0.05, 0.1) is 23.8 Å². The number of nitrogens with zero attached hydrogens (tertiary/aromatic N) is 1. The first kappa shape index (κ1) is 13.2. The van der Waals surface area contributed by atoms with Crippen LogP contribution in [0.2, 0.25) is 0 Å². The van der Waals surface area contributed by atoms with Crippen molar-refractivity contribution < 1.29 is 4.79 Å². The van der Waals surface area contributed by atoms with Crippen LogP contribution in [0.5, 0.6) is 0 Å². The Bertz CT molecular complexity index is 418. The van der Waals surface area contributed by atoms with E-state index in [1.807, 2.05) is 6.08 Å². The van der Waals surface area contributed by atoms with Crippen molar-refractivity contribution in [1.29, 1.82) is 0 Å². The number of hydrogen-bond acceptors (Lipinski definition) is 4. The molecule has 5 nitrogen and oxygen atoms in total. The van der Waals surface area contributed by atoms with Gasteiger partial charge in [0.2, 0.25) is 5.91 Å². The number of hydrogen-bond donors (Lipinski definition) is 3. The molecule has 0 radical (unpaired) electrons. The van der Waals surface area contributed by atoms with Crippen LogP contribution >= 0.6 is 11.8 Å². The summed E-state index contributed by atoms with van der Waals surface area (Å²) >= 11 is 1.76. The molecule has 1 aromatic rings. The van der Waals surface area contributed by atoms with Gasteiger partial charge < -0.3 is 10.3 Å². The van der Waals surface area contributed by atoms with Crippen LogP contribution in [-0.2, 0) is 17.8 Å². The van der Waals surface area contributed by atoms with E-state index in [1.54, 1.807) is 18.1 Å². The fraction of sp³-hybridized carbons (Fsp3) is 0.500. The van der Waals surface area contributed by atoms with E-state index in [9.17, 15) is 4.79 Å². The number of aromatic amines is 1. The number of rotatable bonds is 6. The van der Waals surface area contributed by atoms with Gasteiger partial charge in [0.1, 0.15) is 0 Å². The molecular weight excluding hydrogens is 248 g/mol. The van der Waals surface area contributed by atoms with Gasteiger partial charge in [0.15, 0.2) is 0 Å². The summed E-state index contributed by atoms with van der Waals surface area (Å²) in [4.78, 5) is 19.2. The van der Waals surface area contributed by atoms with Crippen molar-refractivity contribution in [3.8, 4) is 0 Å². The lowest BCUT2D eigenvalue weighted by Crippen LogP contribution is -2.48. The highest BCUT2D eigenvalue weighted by atomic mass is 32.2. The molecule has 18 heavy (non-hydrogen) atoms. The molecule has 1 aliphatic rings. The van der Waals surface area contributed by atoms with Crippen LogP contribution in [0.1, 0.15) is 11.4 Å². The average molecular weight is 266 g/mol.